The highest BCUT2D eigenvalue weighted by Gasteiger charge is 2.22. The van der Waals surface area contributed by atoms with Crippen molar-refractivity contribution in [2.75, 3.05) is 5.32 Å². The second-order valence-corrected chi connectivity index (χ2v) is 6.24. The van der Waals surface area contributed by atoms with Crippen LogP contribution in [0.1, 0.15) is 23.0 Å². The van der Waals surface area contributed by atoms with Crippen molar-refractivity contribution in [2.24, 2.45) is 0 Å². The van der Waals surface area contributed by atoms with Gasteiger partial charge in [0.25, 0.3) is 5.91 Å². The van der Waals surface area contributed by atoms with Crippen LogP contribution in [0.4, 0.5) is 5.69 Å². The highest BCUT2D eigenvalue weighted by atomic mass is 32.2. The molecule has 1 aromatic heterocycles. The van der Waals surface area contributed by atoms with Crippen molar-refractivity contribution in [2.45, 2.75) is 23.6 Å². The summed E-state index contributed by atoms with van der Waals surface area (Å²) in [6.07, 6.45) is 4.41. The third-order valence-corrected chi connectivity index (χ3v) is 4.40. The molecule has 3 rings (SSSR count). The van der Waals surface area contributed by atoms with Crippen LogP contribution in [0.5, 0.6) is 0 Å². The molecule has 0 fully saturated rings. The number of thioether (sulfide) groups is 1. The number of carbonyl (C=O) groups excluding carboxylic acids is 2. The van der Waals surface area contributed by atoms with Gasteiger partial charge in [0, 0.05) is 23.8 Å². The molecule has 0 bridgehead atoms. The van der Waals surface area contributed by atoms with Crippen LogP contribution < -0.4 is 10.6 Å². The molecule has 0 spiro atoms. The lowest BCUT2D eigenvalue weighted by atomic mass is 10.2. The molecule has 1 aromatic carbocycles. The minimum atomic E-state index is -0.280. The van der Waals surface area contributed by atoms with Crippen LogP contribution in [0.3, 0.4) is 0 Å². The first-order valence-electron chi connectivity index (χ1n) is 6.78. The number of rotatable bonds is 3. The summed E-state index contributed by atoms with van der Waals surface area (Å²) in [6, 6.07) is 5.77. The zero-order valence-corrected chi connectivity index (χ0v) is 12.7. The third kappa shape index (κ3) is 3.09. The largest absolute Gasteiger partial charge is 0.347 e. The first-order valence-corrected chi connectivity index (χ1v) is 7.66. The average Bonchev–Trinajstić information content (AvgIpc) is 2.54. The predicted octanol–water partition coefficient (Wildman–Crippen LogP) is 1.84. The van der Waals surface area contributed by atoms with E-state index in [0.29, 0.717) is 6.54 Å². The van der Waals surface area contributed by atoms with Crippen LogP contribution >= 0.6 is 11.8 Å². The Morgan fingerprint density at radius 1 is 1.41 bits per heavy atom. The number of anilines is 1. The van der Waals surface area contributed by atoms with Crippen molar-refractivity contribution >= 4 is 29.3 Å². The molecule has 0 saturated carbocycles. The molecule has 0 saturated heterocycles. The van der Waals surface area contributed by atoms with E-state index in [1.54, 1.807) is 0 Å². The van der Waals surface area contributed by atoms with Crippen LogP contribution in [0.2, 0.25) is 0 Å². The van der Waals surface area contributed by atoms with Crippen molar-refractivity contribution in [1.82, 2.24) is 15.3 Å². The Morgan fingerprint density at radius 2 is 2.27 bits per heavy atom. The number of fused-ring (bicyclic) bond motifs is 1. The first kappa shape index (κ1) is 14.5. The molecule has 1 aliphatic heterocycles. The van der Waals surface area contributed by atoms with E-state index in [4.69, 9.17) is 0 Å². The lowest BCUT2D eigenvalue weighted by Crippen LogP contribution is -2.27. The lowest BCUT2D eigenvalue weighted by Gasteiger charge is -2.21. The SMILES string of the molecule is CC1Sc2ccc(CNC(=O)c3cnccn3)cc2NC1=O. The monoisotopic (exact) mass is 314 g/mol. The maximum Gasteiger partial charge on any atom is 0.271 e. The normalized spacial score (nSPS) is 16.6. The van der Waals surface area contributed by atoms with Gasteiger partial charge < -0.3 is 10.6 Å². The minimum Gasteiger partial charge on any atom is -0.347 e. The highest BCUT2D eigenvalue weighted by Crippen LogP contribution is 2.35. The molecule has 1 atom stereocenters. The number of nitrogens with one attached hydrogen (secondary N) is 2. The van der Waals surface area contributed by atoms with E-state index in [-0.39, 0.29) is 22.8 Å². The Hall–Kier alpha value is -2.41. The van der Waals surface area contributed by atoms with Gasteiger partial charge in [-0.1, -0.05) is 6.07 Å². The van der Waals surface area contributed by atoms with E-state index >= 15 is 0 Å². The quantitative estimate of drug-likeness (QED) is 0.903. The fraction of sp³-hybridized carbons (Fsp3) is 0.200. The van der Waals surface area contributed by atoms with Crippen LogP contribution in [0.25, 0.3) is 0 Å². The van der Waals surface area contributed by atoms with Crippen LogP contribution in [0, 0.1) is 0 Å². The highest BCUT2D eigenvalue weighted by molar-refractivity contribution is 8.00. The van der Waals surface area contributed by atoms with Gasteiger partial charge in [-0.05, 0) is 24.6 Å². The van der Waals surface area contributed by atoms with Crippen molar-refractivity contribution < 1.29 is 9.59 Å². The van der Waals surface area contributed by atoms with Crippen LogP contribution in [-0.2, 0) is 11.3 Å². The summed E-state index contributed by atoms with van der Waals surface area (Å²) < 4.78 is 0. The Labute approximate surface area is 131 Å². The number of amides is 2. The molecule has 2 heterocycles. The molecule has 0 radical (unpaired) electrons. The van der Waals surface area contributed by atoms with E-state index < -0.39 is 0 Å². The predicted molar refractivity (Wildman–Crippen MR) is 83.6 cm³/mol. The third-order valence-electron chi connectivity index (χ3n) is 3.22. The first-order chi connectivity index (χ1) is 10.6. The molecular formula is C15H14N4O2S. The van der Waals surface area contributed by atoms with E-state index in [2.05, 4.69) is 20.6 Å². The van der Waals surface area contributed by atoms with E-state index in [9.17, 15) is 9.59 Å². The van der Waals surface area contributed by atoms with Gasteiger partial charge >= 0.3 is 0 Å². The zero-order valence-electron chi connectivity index (χ0n) is 11.9. The second kappa shape index (κ2) is 6.15. The van der Waals surface area contributed by atoms with E-state index in [0.717, 1.165) is 16.1 Å². The number of nitrogens with zero attached hydrogens (tertiary/aromatic N) is 2. The van der Waals surface area contributed by atoms with Crippen molar-refractivity contribution in [3.8, 4) is 0 Å². The van der Waals surface area contributed by atoms with Crippen molar-refractivity contribution in [3.63, 3.8) is 0 Å². The molecule has 7 heteroatoms. The van der Waals surface area contributed by atoms with E-state index in [1.165, 1.54) is 30.4 Å². The molecule has 22 heavy (non-hydrogen) atoms. The Morgan fingerprint density at radius 3 is 3.05 bits per heavy atom. The summed E-state index contributed by atoms with van der Waals surface area (Å²) >= 11 is 1.53. The second-order valence-electron chi connectivity index (χ2n) is 4.85. The van der Waals surface area contributed by atoms with Gasteiger partial charge in [-0.25, -0.2) is 4.98 Å². The van der Waals surface area contributed by atoms with Gasteiger partial charge in [-0.2, -0.15) is 0 Å². The smallest absolute Gasteiger partial charge is 0.271 e. The van der Waals surface area contributed by atoms with Gasteiger partial charge in [0.05, 0.1) is 17.1 Å². The molecule has 2 N–H and O–H groups in total. The van der Waals surface area contributed by atoms with Crippen LogP contribution in [0.15, 0.2) is 41.7 Å². The molecule has 0 aliphatic carbocycles. The Bertz CT molecular complexity index is 721. The Balaban J connectivity index is 1.68. The summed E-state index contributed by atoms with van der Waals surface area (Å²) in [6.45, 7) is 2.23. The summed E-state index contributed by atoms with van der Waals surface area (Å²) in [5.41, 5.74) is 1.98. The molecule has 2 amide bonds. The summed E-state index contributed by atoms with van der Waals surface area (Å²) in [5, 5.41) is 5.57. The maximum atomic E-state index is 11.9. The molecule has 6 nitrogen and oxygen atoms in total. The number of hydrogen-bond donors (Lipinski definition) is 2. The number of hydrogen-bond acceptors (Lipinski definition) is 5. The number of benzene rings is 1. The van der Waals surface area contributed by atoms with Gasteiger partial charge in [0.15, 0.2) is 0 Å². The van der Waals surface area contributed by atoms with Crippen LogP contribution in [-0.4, -0.2) is 27.0 Å². The van der Waals surface area contributed by atoms with Crippen molar-refractivity contribution in [3.05, 3.63) is 48.0 Å². The summed E-state index contributed by atoms with van der Waals surface area (Å²) in [4.78, 5) is 32.5. The topological polar surface area (TPSA) is 84.0 Å². The van der Waals surface area contributed by atoms with Gasteiger partial charge in [0.2, 0.25) is 5.91 Å². The Kier molecular flexibility index (Phi) is 4.06. The molecule has 2 aromatic rings. The molecular weight excluding hydrogens is 300 g/mol. The van der Waals surface area contributed by atoms with Crippen molar-refractivity contribution in [1.29, 1.82) is 0 Å². The van der Waals surface area contributed by atoms with Gasteiger partial charge in [-0.15, -0.1) is 11.8 Å². The van der Waals surface area contributed by atoms with Gasteiger partial charge in [-0.3, -0.25) is 14.6 Å². The molecule has 112 valence electrons. The fourth-order valence-electron chi connectivity index (χ4n) is 2.06. The average molecular weight is 314 g/mol. The van der Waals surface area contributed by atoms with Gasteiger partial charge in [0.1, 0.15) is 5.69 Å². The summed E-state index contributed by atoms with van der Waals surface area (Å²) in [5.74, 6) is -0.281. The lowest BCUT2D eigenvalue weighted by molar-refractivity contribution is -0.115. The maximum absolute atomic E-state index is 11.9. The molecule has 1 aliphatic rings. The van der Waals surface area contributed by atoms with E-state index in [1.807, 2.05) is 25.1 Å². The fourth-order valence-corrected chi connectivity index (χ4v) is 2.99. The summed E-state index contributed by atoms with van der Waals surface area (Å²) in [7, 11) is 0. The zero-order chi connectivity index (χ0) is 15.5. The number of carbonyl (C=O) groups is 2. The standard InChI is InChI=1S/C15H14N4O2S/c1-9-14(20)19-11-6-10(2-3-13(11)22-9)7-18-15(21)12-8-16-4-5-17-12/h2-6,8-9H,7H2,1H3,(H,18,21)(H,19,20). The minimum absolute atomic E-state index is 0.00162. The number of aromatic nitrogens is 2. The molecule has 1 unspecified atom stereocenters.